The average molecular weight is 571 g/mol. The minimum Gasteiger partial charge on any atom is -0.335 e. The Morgan fingerprint density at radius 1 is 0.977 bits per heavy atom. The lowest BCUT2D eigenvalue weighted by Crippen LogP contribution is -2.37. The zero-order chi connectivity index (χ0) is 28.8. The van der Waals surface area contributed by atoms with Gasteiger partial charge in [-0.2, -0.15) is 0 Å². The van der Waals surface area contributed by atoms with Crippen LogP contribution in [0.2, 0.25) is 0 Å². The van der Waals surface area contributed by atoms with Crippen molar-refractivity contribution in [1.29, 1.82) is 0 Å². The van der Waals surface area contributed by atoms with Gasteiger partial charge in [0.2, 0.25) is 5.91 Å². The highest BCUT2D eigenvalue weighted by atomic mass is 16.2. The summed E-state index contributed by atoms with van der Waals surface area (Å²) in [6.07, 6.45) is 7.30. The molecule has 8 heteroatoms. The van der Waals surface area contributed by atoms with Crippen LogP contribution in [0.1, 0.15) is 54.4 Å². The molecule has 2 aliphatic heterocycles. The first-order chi connectivity index (χ1) is 21.0. The number of piperidine rings is 1. The van der Waals surface area contributed by atoms with Gasteiger partial charge >= 0.3 is 0 Å². The Morgan fingerprint density at radius 2 is 1.88 bits per heavy atom. The summed E-state index contributed by atoms with van der Waals surface area (Å²) >= 11 is 0. The third kappa shape index (κ3) is 4.10. The van der Waals surface area contributed by atoms with Crippen molar-refractivity contribution in [3.05, 3.63) is 65.7 Å². The molecule has 3 fully saturated rings. The molecule has 2 aromatic carbocycles. The highest BCUT2D eigenvalue weighted by Crippen LogP contribution is 2.39. The molecular formula is C35H34N6O2. The number of amides is 2. The molecule has 9 rings (SSSR count). The fourth-order valence-electron chi connectivity index (χ4n) is 7.66. The first-order valence-electron chi connectivity index (χ1n) is 15.7. The van der Waals surface area contributed by atoms with Crippen LogP contribution >= 0.6 is 0 Å². The summed E-state index contributed by atoms with van der Waals surface area (Å²) in [7, 11) is 2.06. The summed E-state index contributed by atoms with van der Waals surface area (Å²) < 4.78 is 4.50. The van der Waals surface area contributed by atoms with Gasteiger partial charge in [0.25, 0.3) is 5.91 Å². The van der Waals surface area contributed by atoms with Crippen LogP contribution in [0.3, 0.4) is 0 Å². The highest BCUT2D eigenvalue weighted by molar-refractivity contribution is 5.98. The molecule has 1 saturated heterocycles. The zero-order valence-corrected chi connectivity index (χ0v) is 24.3. The smallest absolute Gasteiger partial charge is 0.254 e. The second kappa shape index (κ2) is 9.27. The standard InChI is InChI=1S/C35H34N6O2/c1-39-30-12-7-25(35(43)40-19-21-4-9-26(40)14-21)16-29(30)38-34(39)31-17-24-6-11-28(37-33(24)41(31)18-20-2-3-20)22-5-10-27-23(15-22)8-13-32(42)36-27/h5-7,10-12,15-17,20-21,26H,2-4,8-9,13-14,18-19H2,1H3,(H,36,42). The molecule has 8 nitrogen and oxygen atoms in total. The predicted octanol–water partition coefficient (Wildman–Crippen LogP) is 6.18. The van der Waals surface area contributed by atoms with E-state index in [-0.39, 0.29) is 11.8 Å². The zero-order valence-electron chi connectivity index (χ0n) is 24.3. The molecule has 5 heterocycles. The first kappa shape index (κ1) is 25.1. The predicted molar refractivity (Wildman–Crippen MR) is 167 cm³/mol. The lowest BCUT2D eigenvalue weighted by molar-refractivity contribution is -0.116. The molecule has 3 aromatic heterocycles. The van der Waals surface area contributed by atoms with E-state index in [1.807, 2.05) is 24.3 Å². The van der Waals surface area contributed by atoms with Gasteiger partial charge in [-0.1, -0.05) is 6.07 Å². The van der Waals surface area contributed by atoms with E-state index in [1.165, 1.54) is 19.3 Å². The van der Waals surface area contributed by atoms with Gasteiger partial charge < -0.3 is 19.4 Å². The summed E-state index contributed by atoms with van der Waals surface area (Å²) in [5.74, 6) is 2.45. The average Bonchev–Trinajstić information content (AvgIpc) is 3.30. The summed E-state index contributed by atoms with van der Waals surface area (Å²) in [6.45, 7) is 1.81. The molecule has 2 aliphatic carbocycles. The van der Waals surface area contributed by atoms with E-state index < -0.39 is 0 Å². The number of fused-ring (bicyclic) bond motifs is 5. The van der Waals surface area contributed by atoms with Gasteiger partial charge in [0.1, 0.15) is 5.65 Å². The van der Waals surface area contributed by atoms with E-state index in [1.54, 1.807) is 0 Å². The maximum absolute atomic E-state index is 13.4. The van der Waals surface area contributed by atoms with Crippen LogP contribution in [0.4, 0.5) is 5.69 Å². The SMILES string of the molecule is Cn1c(-c2cc3ccc(-c4ccc5c(c4)CCC(=O)N5)nc3n2CC2CC2)nc2cc(C(=O)N3CC4CCC3C4)ccc21. The van der Waals surface area contributed by atoms with Gasteiger partial charge in [-0.05, 0) is 104 Å². The number of likely N-dealkylation sites (tertiary alicyclic amines) is 1. The number of carbonyl (C=O) groups is 2. The van der Waals surface area contributed by atoms with Crippen molar-refractivity contribution >= 4 is 39.6 Å². The molecule has 0 spiro atoms. The second-order valence-electron chi connectivity index (χ2n) is 13.1. The van der Waals surface area contributed by atoms with Crippen LogP contribution in [0.15, 0.2) is 54.6 Å². The van der Waals surface area contributed by atoms with Crippen molar-refractivity contribution in [2.75, 3.05) is 11.9 Å². The number of anilines is 1. The lowest BCUT2D eigenvalue weighted by Gasteiger charge is -2.27. The number of nitrogens with zero attached hydrogens (tertiary/aromatic N) is 5. The van der Waals surface area contributed by atoms with Gasteiger partial charge in [-0.3, -0.25) is 9.59 Å². The van der Waals surface area contributed by atoms with Crippen LogP contribution in [0.5, 0.6) is 0 Å². The van der Waals surface area contributed by atoms with Gasteiger partial charge in [0.05, 0.1) is 22.4 Å². The number of rotatable bonds is 5. The molecule has 4 aliphatic rings. The molecule has 0 radical (unpaired) electrons. The Bertz CT molecular complexity index is 1980. The van der Waals surface area contributed by atoms with Crippen molar-refractivity contribution in [3.63, 3.8) is 0 Å². The van der Waals surface area contributed by atoms with Crippen molar-refractivity contribution in [2.45, 2.75) is 57.5 Å². The van der Waals surface area contributed by atoms with E-state index in [0.29, 0.717) is 24.3 Å². The van der Waals surface area contributed by atoms with Crippen LogP contribution in [0, 0.1) is 11.8 Å². The number of imidazole rings is 1. The van der Waals surface area contributed by atoms with Gasteiger partial charge in [0.15, 0.2) is 5.82 Å². The van der Waals surface area contributed by atoms with E-state index in [4.69, 9.17) is 9.97 Å². The molecular weight excluding hydrogens is 536 g/mol. The lowest BCUT2D eigenvalue weighted by atomic mass is 9.99. The van der Waals surface area contributed by atoms with E-state index >= 15 is 0 Å². The number of benzene rings is 2. The Kier molecular flexibility index (Phi) is 5.40. The number of hydrogen-bond donors (Lipinski definition) is 1. The Morgan fingerprint density at radius 3 is 2.70 bits per heavy atom. The molecule has 216 valence electrons. The van der Waals surface area contributed by atoms with Gasteiger partial charge in [-0.15, -0.1) is 0 Å². The van der Waals surface area contributed by atoms with Crippen LogP contribution in [-0.4, -0.2) is 48.4 Å². The Hall–Kier alpha value is -4.46. The van der Waals surface area contributed by atoms with E-state index in [9.17, 15) is 9.59 Å². The van der Waals surface area contributed by atoms with Crippen molar-refractivity contribution in [3.8, 4) is 22.8 Å². The van der Waals surface area contributed by atoms with E-state index in [2.05, 4.69) is 56.7 Å². The number of aryl methyl sites for hydroxylation is 2. The quantitative estimate of drug-likeness (QED) is 0.274. The molecule has 2 bridgehead atoms. The van der Waals surface area contributed by atoms with Crippen LogP contribution in [-0.2, 0) is 24.8 Å². The molecule has 43 heavy (non-hydrogen) atoms. The fraction of sp³-hybridized carbons (Fsp3) is 0.371. The summed E-state index contributed by atoms with van der Waals surface area (Å²) in [4.78, 5) is 37.7. The maximum Gasteiger partial charge on any atom is 0.254 e. The third-order valence-electron chi connectivity index (χ3n) is 10.2. The fourth-order valence-corrected chi connectivity index (χ4v) is 7.66. The number of aromatic nitrogens is 4. The summed E-state index contributed by atoms with van der Waals surface area (Å²) in [5.41, 5.74) is 8.68. The normalized spacial score (nSPS) is 21.1. The highest BCUT2D eigenvalue weighted by Gasteiger charge is 2.40. The Balaban J connectivity index is 1.11. The number of nitrogens with one attached hydrogen (secondary N) is 1. The second-order valence-corrected chi connectivity index (χ2v) is 13.1. The minimum atomic E-state index is 0.0772. The Labute approximate surface area is 249 Å². The summed E-state index contributed by atoms with van der Waals surface area (Å²) in [6, 6.07) is 19.1. The van der Waals surface area contributed by atoms with Crippen molar-refractivity contribution in [1.82, 2.24) is 24.0 Å². The largest absolute Gasteiger partial charge is 0.335 e. The van der Waals surface area contributed by atoms with Crippen molar-refractivity contribution < 1.29 is 9.59 Å². The van der Waals surface area contributed by atoms with Crippen LogP contribution < -0.4 is 5.32 Å². The first-order valence-corrected chi connectivity index (χ1v) is 15.7. The molecule has 1 N–H and O–H groups in total. The van der Waals surface area contributed by atoms with E-state index in [0.717, 1.165) is 94.0 Å². The molecule has 2 unspecified atom stereocenters. The van der Waals surface area contributed by atoms with Gasteiger partial charge in [-0.25, -0.2) is 9.97 Å². The number of pyridine rings is 1. The minimum absolute atomic E-state index is 0.0772. The van der Waals surface area contributed by atoms with Gasteiger partial charge in [0, 0.05) is 54.8 Å². The molecule has 2 amide bonds. The monoisotopic (exact) mass is 570 g/mol. The maximum atomic E-state index is 13.4. The molecule has 5 aromatic rings. The number of carbonyl (C=O) groups excluding carboxylic acids is 2. The molecule has 2 atom stereocenters. The van der Waals surface area contributed by atoms with Crippen LogP contribution in [0.25, 0.3) is 44.8 Å². The molecule has 2 saturated carbocycles. The summed E-state index contributed by atoms with van der Waals surface area (Å²) in [5, 5.41) is 4.07. The third-order valence-corrected chi connectivity index (χ3v) is 10.2. The van der Waals surface area contributed by atoms with Crippen molar-refractivity contribution in [2.24, 2.45) is 18.9 Å². The number of hydrogen-bond acceptors (Lipinski definition) is 4. The topological polar surface area (TPSA) is 85.0 Å².